The molecule has 1 aliphatic carbocycles. The zero-order valence-corrected chi connectivity index (χ0v) is 28.2. The van der Waals surface area contributed by atoms with E-state index in [9.17, 15) is 4.79 Å². The number of aromatic amines is 1. The van der Waals surface area contributed by atoms with Crippen molar-refractivity contribution in [3.05, 3.63) is 28.8 Å². The van der Waals surface area contributed by atoms with Gasteiger partial charge in [0, 0.05) is 4.75 Å². The van der Waals surface area contributed by atoms with E-state index in [0.29, 0.717) is 5.92 Å². The molecule has 228 valence electrons. The SMILES string of the molecule is C=C(C)[C@@H]1CC[C@]2(C)S[P@@](=S)(OC[C@H]3O[C@@H](n4cnc5c(=O)[nH]c(N)nc54)[C@H](F)[C@@H]3O[Si](C)(C)C(C)(C)C)O[C@H]2C1. The van der Waals surface area contributed by atoms with E-state index in [1.54, 1.807) is 11.4 Å². The normalized spacial score (nSPS) is 36.1. The van der Waals surface area contributed by atoms with Crippen molar-refractivity contribution in [2.24, 2.45) is 5.92 Å². The fraction of sp³-hybridized carbons (Fsp3) is 0.731. The number of aromatic nitrogens is 4. The molecule has 2 aliphatic heterocycles. The molecule has 0 aromatic carbocycles. The summed E-state index contributed by atoms with van der Waals surface area (Å²) in [5.74, 6) is 0.312. The highest BCUT2D eigenvalue weighted by atomic mass is 32.9. The van der Waals surface area contributed by atoms with Crippen LogP contribution in [0.5, 0.6) is 0 Å². The van der Waals surface area contributed by atoms with E-state index in [-0.39, 0.29) is 39.6 Å². The Morgan fingerprint density at radius 1 is 1.46 bits per heavy atom. The average molecular weight is 646 g/mol. The van der Waals surface area contributed by atoms with Crippen molar-refractivity contribution < 1.29 is 22.6 Å². The number of halogens is 1. The number of hydrogen-bond acceptors (Lipinski definition) is 10. The van der Waals surface area contributed by atoms with Crippen molar-refractivity contribution in [2.75, 3.05) is 12.3 Å². The first-order valence-electron chi connectivity index (χ1n) is 13.9. The minimum atomic E-state index is -2.73. The molecule has 3 N–H and O–H groups in total. The van der Waals surface area contributed by atoms with Crippen LogP contribution in [-0.2, 0) is 30.0 Å². The molecule has 0 bridgehead atoms. The van der Waals surface area contributed by atoms with Gasteiger partial charge < -0.3 is 23.9 Å². The maximum atomic E-state index is 16.4. The van der Waals surface area contributed by atoms with Gasteiger partial charge in [-0.25, -0.2) is 9.37 Å². The number of hydrogen-bond donors (Lipinski definition) is 2. The van der Waals surface area contributed by atoms with Crippen molar-refractivity contribution in [3.8, 4) is 0 Å². The Kier molecular flexibility index (Phi) is 8.24. The molecule has 10 nitrogen and oxygen atoms in total. The predicted octanol–water partition coefficient (Wildman–Crippen LogP) is 5.84. The van der Waals surface area contributed by atoms with Crippen molar-refractivity contribution >= 4 is 54.3 Å². The number of ether oxygens (including phenoxy) is 1. The molecular weight excluding hydrogens is 605 g/mol. The predicted molar refractivity (Wildman–Crippen MR) is 167 cm³/mol. The van der Waals surface area contributed by atoms with E-state index in [1.165, 1.54) is 10.9 Å². The lowest BCUT2D eigenvalue weighted by Crippen LogP contribution is -2.49. The van der Waals surface area contributed by atoms with Crippen LogP contribution in [0, 0.1) is 5.92 Å². The van der Waals surface area contributed by atoms with Crippen molar-refractivity contribution in [1.29, 1.82) is 0 Å². The van der Waals surface area contributed by atoms with Crippen molar-refractivity contribution in [3.63, 3.8) is 0 Å². The first-order valence-corrected chi connectivity index (χ1v) is 20.9. The van der Waals surface area contributed by atoms with Gasteiger partial charge in [0.15, 0.2) is 31.9 Å². The molecule has 3 aliphatic rings. The van der Waals surface area contributed by atoms with Crippen molar-refractivity contribution in [1.82, 2.24) is 19.5 Å². The molecule has 41 heavy (non-hydrogen) atoms. The number of imidazole rings is 1. The summed E-state index contributed by atoms with van der Waals surface area (Å²) in [4.78, 5) is 23.1. The summed E-state index contributed by atoms with van der Waals surface area (Å²) >= 11 is 7.59. The van der Waals surface area contributed by atoms with Gasteiger partial charge in [-0.3, -0.25) is 14.3 Å². The summed E-state index contributed by atoms with van der Waals surface area (Å²) < 4.78 is 43.4. The summed E-state index contributed by atoms with van der Waals surface area (Å²) in [6.45, 7) is 18.9. The van der Waals surface area contributed by atoms with Gasteiger partial charge in [-0.1, -0.05) is 44.3 Å². The third-order valence-corrected chi connectivity index (χ3v) is 19.4. The monoisotopic (exact) mass is 645 g/mol. The maximum absolute atomic E-state index is 16.4. The number of alkyl halides is 1. The minimum Gasteiger partial charge on any atom is -0.408 e. The number of fused-ring (bicyclic) bond motifs is 2. The minimum absolute atomic E-state index is 0.00990. The summed E-state index contributed by atoms with van der Waals surface area (Å²) in [5.41, 5.74) is 3.89. The van der Waals surface area contributed by atoms with Crippen LogP contribution >= 0.6 is 17.1 Å². The van der Waals surface area contributed by atoms with Gasteiger partial charge in [0.25, 0.3) is 5.56 Å². The molecule has 2 saturated heterocycles. The molecule has 4 heterocycles. The first kappa shape index (κ1) is 31.3. The van der Waals surface area contributed by atoms with E-state index in [2.05, 4.69) is 69.2 Å². The lowest BCUT2D eigenvalue weighted by atomic mass is 9.77. The Labute approximate surface area is 250 Å². The molecule has 0 radical (unpaired) electrons. The van der Waals surface area contributed by atoms with E-state index in [4.69, 9.17) is 35.8 Å². The molecule has 8 atom stereocenters. The Morgan fingerprint density at radius 2 is 2.17 bits per heavy atom. The second kappa shape index (κ2) is 10.8. The van der Waals surface area contributed by atoms with Crippen LogP contribution in [0.1, 0.15) is 60.1 Å². The van der Waals surface area contributed by atoms with Gasteiger partial charge in [0.2, 0.25) is 11.6 Å². The topological polar surface area (TPSA) is 127 Å². The zero-order valence-electron chi connectivity index (χ0n) is 24.7. The Hall–Kier alpha value is -1.12. The van der Waals surface area contributed by atoms with Gasteiger partial charge in [-0.05, 0) is 69.0 Å². The molecule has 0 amide bonds. The van der Waals surface area contributed by atoms with Crippen LogP contribution in [0.4, 0.5) is 10.3 Å². The van der Waals surface area contributed by atoms with E-state index >= 15 is 4.39 Å². The van der Waals surface area contributed by atoms with Gasteiger partial charge in [0.1, 0.15) is 12.2 Å². The molecule has 0 spiro atoms. The number of H-pyrrole nitrogens is 1. The quantitative estimate of drug-likeness (QED) is 0.216. The van der Waals surface area contributed by atoms with Crippen molar-refractivity contribution in [2.45, 2.75) is 107 Å². The number of rotatable bonds is 7. The van der Waals surface area contributed by atoms with Crippen LogP contribution in [0.3, 0.4) is 0 Å². The highest BCUT2D eigenvalue weighted by Gasteiger charge is 2.55. The van der Waals surface area contributed by atoms with E-state index in [1.807, 2.05) is 0 Å². The number of nitrogens with two attached hydrogens (primary N) is 1. The number of nitrogens with one attached hydrogen (secondary N) is 1. The van der Waals surface area contributed by atoms with Crippen LogP contribution in [0.2, 0.25) is 18.1 Å². The average Bonchev–Trinajstić information content (AvgIpc) is 3.48. The molecule has 15 heteroatoms. The molecule has 2 aromatic rings. The Morgan fingerprint density at radius 3 is 2.83 bits per heavy atom. The molecule has 5 rings (SSSR count). The summed E-state index contributed by atoms with van der Waals surface area (Å²) in [5, 5.41) is -0.165. The maximum Gasteiger partial charge on any atom is 0.280 e. The highest BCUT2D eigenvalue weighted by molar-refractivity contribution is 8.68. The highest BCUT2D eigenvalue weighted by Crippen LogP contribution is 2.75. The summed E-state index contributed by atoms with van der Waals surface area (Å²) in [6, 6.07) is 0. The standard InChI is InChI=1S/C26H41FN5O5PS2Si/c1-14(2)15-9-10-26(6)17(11-15)36-38(39,40-26)34-12-16-20(37-41(7,8)25(3,4)5)18(27)23(35-16)32-13-29-19-21(32)30-24(28)31-22(19)33/h13,15-18,20,23H,1,9-12H2,2-8H3,(H3,28,30,31,33)/t15-,16-,17+,18-,20-,23-,26+,38+/m1/s1. The van der Waals surface area contributed by atoms with Crippen LogP contribution in [0.15, 0.2) is 23.3 Å². The summed E-state index contributed by atoms with van der Waals surface area (Å²) in [6.07, 6.45) is -0.237. The van der Waals surface area contributed by atoms with Gasteiger partial charge in [-0.15, -0.1) is 0 Å². The Balaban J connectivity index is 1.40. The molecule has 3 fully saturated rings. The third kappa shape index (κ3) is 5.87. The van der Waals surface area contributed by atoms with E-state index < -0.39 is 44.2 Å². The van der Waals surface area contributed by atoms with Crippen LogP contribution in [0.25, 0.3) is 11.2 Å². The second-order valence-corrected chi connectivity index (χ2v) is 24.5. The molecule has 0 unspecified atom stereocenters. The second-order valence-electron chi connectivity index (χ2n) is 13.2. The summed E-state index contributed by atoms with van der Waals surface area (Å²) in [7, 11) is -2.43. The molecular formula is C26H41FN5O5PS2Si. The number of nitrogen functional groups attached to an aromatic ring is 1. The Bertz CT molecular complexity index is 1450. The first-order chi connectivity index (χ1) is 18.9. The fourth-order valence-corrected chi connectivity index (χ4v) is 13.9. The fourth-order valence-electron chi connectivity index (χ4n) is 5.45. The van der Waals surface area contributed by atoms with Gasteiger partial charge >= 0.3 is 0 Å². The van der Waals surface area contributed by atoms with Crippen LogP contribution in [-0.4, -0.2) is 63.7 Å². The molecule has 1 saturated carbocycles. The van der Waals surface area contributed by atoms with Gasteiger partial charge in [0.05, 0.1) is 19.0 Å². The lowest BCUT2D eigenvalue weighted by molar-refractivity contribution is -0.0405. The van der Waals surface area contributed by atoms with Crippen LogP contribution < -0.4 is 11.3 Å². The largest absolute Gasteiger partial charge is 0.408 e. The van der Waals surface area contributed by atoms with Gasteiger partial charge in [-0.2, -0.15) is 4.98 Å². The molecule has 2 aromatic heterocycles. The lowest BCUT2D eigenvalue weighted by Gasteiger charge is -2.39. The number of allylic oxidation sites excluding steroid dienone is 1. The van der Waals surface area contributed by atoms with E-state index in [0.717, 1.165) is 24.8 Å². The smallest absolute Gasteiger partial charge is 0.280 e. The number of nitrogens with zero attached hydrogens (tertiary/aromatic N) is 3. The zero-order chi connectivity index (χ0) is 30.1. The third-order valence-electron chi connectivity index (χ3n) is 9.07. The number of anilines is 1.